The largest absolute Gasteiger partial charge is 0.336 e. The molecule has 1 aromatic heterocycles. The van der Waals surface area contributed by atoms with Crippen LogP contribution in [0.4, 0.5) is 0 Å². The summed E-state index contributed by atoms with van der Waals surface area (Å²) in [6.45, 7) is 13.0. The average Bonchev–Trinajstić information content (AvgIpc) is 3.55. The molecule has 0 bridgehead atoms. The number of hydrogen-bond donors (Lipinski definition) is 0. The molecule has 6 heteroatoms. The van der Waals surface area contributed by atoms with Gasteiger partial charge in [0.1, 0.15) is 5.69 Å². The van der Waals surface area contributed by atoms with Gasteiger partial charge in [0.2, 0.25) is 0 Å². The Morgan fingerprint density at radius 1 is 0.829 bits per heavy atom. The van der Waals surface area contributed by atoms with Gasteiger partial charge in [-0.2, -0.15) is 5.10 Å². The molecule has 5 rings (SSSR count). The number of aromatic nitrogens is 2. The minimum atomic E-state index is 0.0942. The SMILES string of the molecule is Cc1ccc(-c2nn(Cc3ccccc3)cc2C(=O)N2CCN(CCN3CCCC3)CC2)cc1C. The van der Waals surface area contributed by atoms with Crippen LogP contribution in [0.15, 0.2) is 54.7 Å². The molecule has 0 unspecified atom stereocenters. The van der Waals surface area contributed by atoms with Crippen molar-refractivity contribution < 1.29 is 4.79 Å². The summed E-state index contributed by atoms with van der Waals surface area (Å²) in [7, 11) is 0. The summed E-state index contributed by atoms with van der Waals surface area (Å²) in [6, 6.07) is 16.7. The predicted octanol–water partition coefficient (Wildman–Crippen LogP) is 4.07. The van der Waals surface area contributed by atoms with Crippen molar-refractivity contribution in [2.75, 3.05) is 52.4 Å². The van der Waals surface area contributed by atoms with Crippen molar-refractivity contribution in [3.63, 3.8) is 0 Å². The Morgan fingerprint density at radius 3 is 2.20 bits per heavy atom. The number of rotatable bonds is 7. The fourth-order valence-corrected chi connectivity index (χ4v) is 5.17. The summed E-state index contributed by atoms with van der Waals surface area (Å²) < 4.78 is 1.92. The Kier molecular flexibility index (Phi) is 7.30. The molecule has 0 radical (unpaired) electrons. The highest BCUT2D eigenvalue weighted by atomic mass is 16.2. The van der Waals surface area contributed by atoms with Crippen molar-refractivity contribution in [1.29, 1.82) is 0 Å². The van der Waals surface area contributed by atoms with Crippen LogP contribution in [-0.4, -0.2) is 82.7 Å². The maximum atomic E-state index is 13.7. The number of amides is 1. The number of carbonyl (C=O) groups excluding carboxylic acids is 1. The first-order chi connectivity index (χ1) is 17.1. The quantitative estimate of drug-likeness (QED) is 0.521. The van der Waals surface area contributed by atoms with Crippen LogP contribution in [0.2, 0.25) is 0 Å². The number of likely N-dealkylation sites (tertiary alicyclic amines) is 1. The van der Waals surface area contributed by atoms with Crippen molar-refractivity contribution in [3.8, 4) is 11.3 Å². The standard InChI is InChI=1S/C29H37N5O/c1-23-10-11-26(20-24(23)2)28-27(22-34(30-28)21-25-8-4-3-5-9-25)29(35)33-18-16-32(17-19-33)15-14-31-12-6-7-13-31/h3-5,8-11,20,22H,6-7,12-19,21H2,1-2H3. The molecule has 3 aromatic rings. The first-order valence-electron chi connectivity index (χ1n) is 13.0. The third-order valence-corrected chi connectivity index (χ3v) is 7.55. The van der Waals surface area contributed by atoms with Crippen LogP contribution >= 0.6 is 0 Å². The zero-order valence-electron chi connectivity index (χ0n) is 21.1. The number of piperazine rings is 1. The topological polar surface area (TPSA) is 44.6 Å². The van der Waals surface area contributed by atoms with E-state index in [1.807, 2.05) is 34.0 Å². The molecule has 2 aliphatic heterocycles. The van der Waals surface area contributed by atoms with Gasteiger partial charge in [0.25, 0.3) is 5.91 Å². The van der Waals surface area contributed by atoms with Crippen LogP contribution in [0.5, 0.6) is 0 Å². The van der Waals surface area contributed by atoms with Crippen molar-refractivity contribution in [3.05, 3.63) is 77.0 Å². The van der Waals surface area contributed by atoms with E-state index in [1.54, 1.807) is 0 Å². The van der Waals surface area contributed by atoms with Gasteiger partial charge in [-0.15, -0.1) is 0 Å². The molecule has 3 heterocycles. The molecule has 0 spiro atoms. The van der Waals surface area contributed by atoms with E-state index in [2.05, 4.69) is 54.0 Å². The van der Waals surface area contributed by atoms with Gasteiger partial charge in [0, 0.05) is 51.0 Å². The first kappa shape index (κ1) is 23.8. The summed E-state index contributed by atoms with van der Waals surface area (Å²) in [6.07, 6.45) is 4.62. The smallest absolute Gasteiger partial charge is 0.257 e. The van der Waals surface area contributed by atoms with Crippen LogP contribution in [0.25, 0.3) is 11.3 Å². The lowest BCUT2D eigenvalue weighted by atomic mass is 10.0. The molecular weight excluding hydrogens is 434 g/mol. The van der Waals surface area contributed by atoms with Gasteiger partial charge < -0.3 is 9.80 Å². The molecule has 0 N–H and O–H groups in total. The average molecular weight is 472 g/mol. The van der Waals surface area contributed by atoms with Gasteiger partial charge in [-0.25, -0.2) is 0 Å². The third-order valence-electron chi connectivity index (χ3n) is 7.55. The van der Waals surface area contributed by atoms with Crippen molar-refractivity contribution in [1.82, 2.24) is 24.5 Å². The Bertz CT molecular complexity index is 1140. The summed E-state index contributed by atoms with van der Waals surface area (Å²) in [5.74, 6) is 0.0942. The molecule has 2 fully saturated rings. The van der Waals surface area contributed by atoms with Crippen LogP contribution in [0, 0.1) is 13.8 Å². The highest BCUT2D eigenvalue weighted by Gasteiger charge is 2.27. The number of aryl methyl sites for hydroxylation is 2. The molecule has 2 aliphatic rings. The zero-order chi connectivity index (χ0) is 24.2. The van der Waals surface area contributed by atoms with E-state index >= 15 is 0 Å². The normalized spacial score (nSPS) is 17.3. The van der Waals surface area contributed by atoms with Crippen LogP contribution < -0.4 is 0 Å². The summed E-state index contributed by atoms with van der Waals surface area (Å²) in [4.78, 5) is 20.8. The maximum absolute atomic E-state index is 13.7. The number of carbonyl (C=O) groups is 1. The molecule has 35 heavy (non-hydrogen) atoms. The van der Waals surface area contributed by atoms with E-state index in [1.165, 1.54) is 42.6 Å². The van der Waals surface area contributed by atoms with E-state index in [9.17, 15) is 4.79 Å². The summed E-state index contributed by atoms with van der Waals surface area (Å²) >= 11 is 0. The molecule has 0 atom stereocenters. The molecule has 2 aromatic carbocycles. The van der Waals surface area contributed by atoms with Gasteiger partial charge in [0.05, 0.1) is 12.1 Å². The minimum Gasteiger partial charge on any atom is -0.336 e. The fraction of sp³-hybridized carbons (Fsp3) is 0.448. The van der Waals surface area contributed by atoms with Gasteiger partial charge >= 0.3 is 0 Å². The number of nitrogens with zero attached hydrogens (tertiary/aromatic N) is 5. The fourth-order valence-electron chi connectivity index (χ4n) is 5.17. The van der Waals surface area contributed by atoms with E-state index in [0.717, 1.165) is 50.5 Å². The Hall–Kier alpha value is -2.96. The molecular formula is C29H37N5O. The van der Waals surface area contributed by atoms with E-state index in [0.29, 0.717) is 12.1 Å². The molecule has 6 nitrogen and oxygen atoms in total. The highest BCUT2D eigenvalue weighted by Crippen LogP contribution is 2.26. The van der Waals surface area contributed by atoms with Crippen LogP contribution in [0.3, 0.4) is 0 Å². The lowest BCUT2D eigenvalue weighted by Gasteiger charge is -2.35. The molecule has 2 saturated heterocycles. The lowest BCUT2D eigenvalue weighted by Crippen LogP contribution is -2.50. The second kappa shape index (κ2) is 10.8. The van der Waals surface area contributed by atoms with Gasteiger partial charge in [-0.1, -0.05) is 42.5 Å². The number of hydrogen-bond acceptors (Lipinski definition) is 4. The Morgan fingerprint density at radius 2 is 1.51 bits per heavy atom. The third kappa shape index (κ3) is 5.65. The van der Waals surface area contributed by atoms with Crippen LogP contribution in [0.1, 0.15) is 39.9 Å². The van der Waals surface area contributed by atoms with E-state index in [4.69, 9.17) is 5.10 Å². The summed E-state index contributed by atoms with van der Waals surface area (Å²) in [5.41, 5.74) is 6.13. The predicted molar refractivity (Wildman–Crippen MR) is 141 cm³/mol. The van der Waals surface area contributed by atoms with Crippen molar-refractivity contribution >= 4 is 5.91 Å². The molecule has 0 saturated carbocycles. The zero-order valence-corrected chi connectivity index (χ0v) is 21.1. The monoisotopic (exact) mass is 471 g/mol. The second-order valence-corrected chi connectivity index (χ2v) is 10.1. The molecule has 184 valence electrons. The van der Waals surface area contributed by atoms with Gasteiger partial charge in [0.15, 0.2) is 0 Å². The van der Waals surface area contributed by atoms with Gasteiger partial charge in [-0.05, 0) is 62.5 Å². The first-order valence-corrected chi connectivity index (χ1v) is 13.0. The van der Waals surface area contributed by atoms with E-state index < -0.39 is 0 Å². The molecule has 0 aliphatic carbocycles. The molecule has 1 amide bonds. The summed E-state index contributed by atoms with van der Waals surface area (Å²) in [5, 5.41) is 4.90. The van der Waals surface area contributed by atoms with Crippen molar-refractivity contribution in [2.24, 2.45) is 0 Å². The minimum absolute atomic E-state index is 0.0942. The second-order valence-electron chi connectivity index (χ2n) is 10.1. The number of benzene rings is 2. The van der Waals surface area contributed by atoms with E-state index in [-0.39, 0.29) is 5.91 Å². The highest BCUT2D eigenvalue weighted by molar-refractivity contribution is 6.00. The van der Waals surface area contributed by atoms with Crippen LogP contribution in [-0.2, 0) is 6.54 Å². The Balaban J connectivity index is 1.32. The lowest BCUT2D eigenvalue weighted by molar-refractivity contribution is 0.0627. The van der Waals surface area contributed by atoms with Crippen molar-refractivity contribution in [2.45, 2.75) is 33.2 Å². The maximum Gasteiger partial charge on any atom is 0.257 e. The van der Waals surface area contributed by atoms with Gasteiger partial charge in [-0.3, -0.25) is 14.4 Å². The Labute approximate surface area is 209 Å².